The molecule has 0 heterocycles. The Bertz CT molecular complexity index is 402. The number of hydrogen-bond acceptors (Lipinski definition) is 4. The lowest BCUT2D eigenvalue weighted by Crippen LogP contribution is -2.04. The number of unbranched alkanes of at least 4 members (excludes halogenated alkanes) is 2. The number of benzene rings is 1. The van der Waals surface area contributed by atoms with Gasteiger partial charge in [-0.05, 0) is 25.5 Å². The third-order valence-electron chi connectivity index (χ3n) is 2.73. The van der Waals surface area contributed by atoms with E-state index in [0.29, 0.717) is 18.1 Å². The fourth-order valence-corrected chi connectivity index (χ4v) is 1.64. The second-order valence-electron chi connectivity index (χ2n) is 4.10. The lowest BCUT2D eigenvalue weighted by molar-refractivity contribution is 0.301. The highest BCUT2D eigenvalue weighted by atomic mass is 16.5. The molecular formula is C14H21NO3. The van der Waals surface area contributed by atoms with Gasteiger partial charge in [-0.1, -0.05) is 24.9 Å². The molecule has 0 saturated carbocycles. The van der Waals surface area contributed by atoms with E-state index in [4.69, 9.17) is 14.7 Å². The van der Waals surface area contributed by atoms with Gasteiger partial charge in [0, 0.05) is 11.6 Å². The third-order valence-corrected chi connectivity index (χ3v) is 2.73. The molecule has 100 valence electrons. The van der Waals surface area contributed by atoms with E-state index >= 15 is 0 Å². The SMILES string of the molecule is CCCCCOc1cc(OC)ccc1/C(C)=N/O. The van der Waals surface area contributed by atoms with Crippen LogP contribution in [0.15, 0.2) is 23.4 Å². The van der Waals surface area contributed by atoms with Gasteiger partial charge in [0.15, 0.2) is 0 Å². The van der Waals surface area contributed by atoms with Crippen LogP contribution < -0.4 is 9.47 Å². The van der Waals surface area contributed by atoms with Gasteiger partial charge in [-0.3, -0.25) is 0 Å². The van der Waals surface area contributed by atoms with Crippen LogP contribution in [0.1, 0.15) is 38.7 Å². The normalized spacial score (nSPS) is 11.4. The molecule has 1 rings (SSSR count). The fourth-order valence-electron chi connectivity index (χ4n) is 1.64. The Balaban J connectivity index is 2.83. The highest BCUT2D eigenvalue weighted by molar-refractivity contribution is 6.00. The lowest BCUT2D eigenvalue weighted by atomic mass is 10.1. The van der Waals surface area contributed by atoms with Crippen molar-refractivity contribution in [3.63, 3.8) is 0 Å². The average Bonchev–Trinajstić information content (AvgIpc) is 2.42. The number of ether oxygens (including phenoxy) is 2. The number of rotatable bonds is 7. The maximum Gasteiger partial charge on any atom is 0.132 e. The van der Waals surface area contributed by atoms with Gasteiger partial charge in [0.1, 0.15) is 11.5 Å². The Hall–Kier alpha value is -1.71. The van der Waals surface area contributed by atoms with E-state index < -0.39 is 0 Å². The molecule has 0 spiro atoms. The summed E-state index contributed by atoms with van der Waals surface area (Å²) in [6, 6.07) is 5.47. The zero-order chi connectivity index (χ0) is 13.4. The van der Waals surface area contributed by atoms with Crippen molar-refractivity contribution in [2.45, 2.75) is 33.1 Å². The highest BCUT2D eigenvalue weighted by Crippen LogP contribution is 2.25. The monoisotopic (exact) mass is 251 g/mol. The molecule has 0 amide bonds. The summed E-state index contributed by atoms with van der Waals surface area (Å²) in [6.45, 7) is 4.55. The summed E-state index contributed by atoms with van der Waals surface area (Å²) in [5, 5.41) is 12.1. The molecule has 0 bridgehead atoms. The van der Waals surface area contributed by atoms with Crippen molar-refractivity contribution >= 4 is 5.71 Å². The van der Waals surface area contributed by atoms with Crippen molar-refractivity contribution in [3.8, 4) is 11.5 Å². The maximum atomic E-state index is 8.85. The van der Waals surface area contributed by atoms with Crippen molar-refractivity contribution < 1.29 is 14.7 Å². The van der Waals surface area contributed by atoms with E-state index in [9.17, 15) is 0 Å². The topological polar surface area (TPSA) is 51.0 Å². The number of oxime groups is 1. The van der Waals surface area contributed by atoms with Gasteiger partial charge in [0.05, 0.1) is 19.4 Å². The van der Waals surface area contributed by atoms with Crippen LogP contribution in [0.2, 0.25) is 0 Å². The van der Waals surface area contributed by atoms with Crippen molar-refractivity contribution in [2.24, 2.45) is 5.16 Å². The predicted molar refractivity (Wildman–Crippen MR) is 72.0 cm³/mol. The van der Waals surface area contributed by atoms with Crippen LogP contribution in [0.25, 0.3) is 0 Å². The number of nitrogens with zero attached hydrogens (tertiary/aromatic N) is 1. The quantitative estimate of drug-likeness (QED) is 0.349. The molecule has 4 heteroatoms. The van der Waals surface area contributed by atoms with Crippen LogP contribution in [-0.2, 0) is 0 Å². The summed E-state index contributed by atoms with van der Waals surface area (Å²) in [5.41, 5.74) is 1.32. The smallest absolute Gasteiger partial charge is 0.132 e. The van der Waals surface area contributed by atoms with Gasteiger partial charge in [0.2, 0.25) is 0 Å². The second kappa shape index (κ2) is 7.58. The summed E-state index contributed by atoms with van der Waals surface area (Å²) in [5.74, 6) is 1.43. The first-order valence-electron chi connectivity index (χ1n) is 6.22. The van der Waals surface area contributed by atoms with Gasteiger partial charge in [0.25, 0.3) is 0 Å². The summed E-state index contributed by atoms with van der Waals surface area (Å²) >= 11 is 0. The molecule has 1 aromatic carbocycles. The summed E-state index contributed by atoms with van der Waals surface area (Å²) in [4.78, 5) is 0. The van der Waals surface area contributed by atoms with E-state index in [1.54, 1.807) is 14.0 Å². The van der Waals surface area contributed by atoms with Gasteiger partial charge < -0.3 is 14.7 Å². The van der Waals surface area contributed by atoms with Crippen molar-refractivity contribution in [2.75, 3.05) is 13.7 Å². The van der Waals surface area contributed by atoms with E-state index in [1.807, 2.05) is 18.2 Å². The largest absolute Gasteiger partial charge is 0.497 e. The molecule has 1 aromatic rings. The fraction of sp³-hybridized carbons (Fsp3) is 0.500. The molecule has 0 aromatic heterocycles. The van der Waals surface area contributed by atoms with Crippen molar-refractivity contribution in [1.29, 1.82) is 0 Å². The summed E-state index contributed by atoms with van der Waals surface area (Å²) in [7, 11) is 1.61. The standard InChI is InChI=1S/C14H21NO3/c1-4-5-6-9-18-14-10-12(17-3)7-8-13(14)11(2)15-16/h7-8,10,16H,4-6,9H2,1-3H3/b15-11+. The highest BCUT2D eigenvalue weighted by Gasteiger charge is 2.09. The molecule has 1 N–H and O–H groups in total. The van der Waals surface area contributed by atoms with Crippen LogP contribution in [-0.4, -0.2) is 24.6 Å². The summed E-state index contributed by atoms with van der Waals surface area (Å²) < 4.78 is 10.9. The predicted octanol–water partition coefficient (Wildman–Crippen LogP) is 3.46. The first-order valence-corrected chi connectivity index (χ1v) is 6.22. The first-order chi connectivity index (χ1) is 8.72. The molecule has 0 aliphatic heterocycles. The third kappa shape index (κ3) is 3.95. The molecule has 0 aliphatic carbocycles. The van der Waals surface area contributed by atoms with Crippen molar-refractivity contribution in [1.82, 2.24) is 0 Å². The van der Waals surface area contributed by atoms with Gasteiger partial charge in [-0.15, -0.1) is 0 Å². The van der Waals surface area contributed by atoms with Crippen LogP contribution in [0.5, 0.6) is 11.5 Å². The van der Waals surface area contributed by atoms with E-state index in [2.05, 4.69) is 12.1 Å². The van der Waals surface area contributed by atoms with Gasteiger partial charge in [-0.2, -0.15) is 0 Å². The molecule has 0 atom stereocenters. The van der Waals surface area contributed by atoms with Crippen LogP contribution >= 0.6 is 0 Å². The van der Waals surface area contributed by atoms with Gasteiger partial charge in [-0.25, -0.2) is 0 Å². The number of hydrogen-bond donors (Lipinski definition) is 1. The molecule has 4 nitrogen and oxygen atoms in total. The first kappa shape index (κ1) is 14.4. The van der Waals surface area contributed by atoms with Crippen LogP contribution in [0.4, 0.5) is 0 Å². The van der Waals surface area contributed by atoms with E-state index in [-0.39, 0.29) is 0 Å². The molecule has 0 aliphatic rings. The molecule has 0 radical (unpaired) electrons. The van der Waals surface area contributed by atoms with E-state index in [0.717, 1.165) is 30.6 Å². The Labute approximate surface area is 108 Å². The van der Waals surface area contributed by atoms with Crippen LogP contribution in [0, 0.1) is 0 Å². The molecule has 0 saturated heterocycles. The Morgan fingerprint density at radius 2 is 2.11 bits per heavy atom. The zero-order valence-electron chi connectivity index (χ0n) is 11.3. The Morgan fingerprint density at radius 3 is 2.72 bits per heavy atom. The average molecular weight is 251 g/mol. The minimum Gasteiger partial charge on any atom is -0.497 e. The summed E-state index contributed by atoms with van der Waals surface area (Å²) in [6.07, 6.45) is 3.32. The molecule has 0 fully saturated rings. The van der Waals surface area contributed by atoms with E-state index in [1.165, 1.54) is 0 Å². The number of methoxy groups -OCH3 is 1. The molecular weight excluding hydrogens is 230 g/mol. The van der Waals surface area contributed by atoms with Gasteiger partial charge >= 0.3 is 0 Å². The van der Waals surface area contributed by atoms with Crippen molar-refractivity contribution in [3.05, 3.63) is 23.8 Å². The second-order valence-corrected chi connectivity index (χ2v) is 4.10. The molecule has 18 heavy (non-hydrogen) atoms. The molecule has 0 unspecified atom stereocenters. The Morgan fingerprint density at radius 1 is 1.33 bits per heavy atom. The minimum atomic E-state index is 0.531. The zero-order valence-corrected chi connectivity index (χ0v) is 11.3. The Kier molecular flexibility index (Phi) is 6.05. The lowest BCUT2D eigenvalue weighted by Gasteiger charge is -2.12. The minimum absolute atomic E-state index is 0.531. The van der Waals surface area contributed by atoms with Crippen LogP contribution in [0.3, 0.4) is 0 Å². The maximum absolute atomic E-state index is 8.85.